The maximum Gasteiger partial charge on any atom is 0.251 e. The Labute approximate surface area is 297 Å². The predicted molar refractivity (Wildman–Crippen MR) is 204 cm³/mol. The van der Waals surface area contributed by atoms with Gasteiger partial charge in [-0.2, -0.15) is 0 Å². The fourth-order valence-electron chi connectivity index (χ4n) is 6.89. The molecule has 9 heteroatoms. The number of nitrogens with zero attached hydrogens (tertiary/aromatic N) is 1. The first-order valence-electron chi connectivity index (χ1n) is 17.5. The number of H-pyrrole nitrogens is 2. The topological polar surface area (TPSA) is 122 Å². The number of benzene rings is 4. The van der Waals surface area contributed by atoms with Crippen molar-refractivity contribution >= 4 is 50.8 Å². The fourth-order valence-corrected chi connectivity index (χ4v) is 6.89. The first-order chi connectivity index (χ1) is 24.9. The molecule has 0 bridgehead atoms. The average molecular weight is 679 g/mol. The van der Waals surface area contributed by atoms with Crippen molar-refractivity contribution in [3.63, 3.8) is 0 Å². The molecule has 3 amide bonds. The van der Waals surface area contributed by atoms with Gasteiger partial charge in [-0.3, -0.25) is 19.3 Å². The summed E-state index contributed by atoms with van der Waals surface area (Å²) in [6, 6.07) is 27.7. The van der Waals surface area contributed by atoms with E-state index in [1.54, 1.807) is 0 Å². The zero-order valence-corrected chi connectivity index (χ0v) is 28.9. The molecule has 0 aliphatic carbocycles. The molecule has 0 fully saturated rings. The van der Waals surface area contributed by atoms with E-state index in [-0.39, 0.29) is 24.3 Å². The average Bonchev–Trinajstić information content (AvgIpc) is 3.78. The number of aromatic nitrogens is 2. The van der Waals surface area contributed by atoms with Crippen molar-refractivity contribution in [3.8, 4) is 11.1 Å². The molecule has 0 atom stereocenters. The van der Waals surface area contributed by atoms with Crippen molar-refractivity contribution in [2.75, 3.05) is 25.0 Å². The Morgan fingerprint density at radius 1 is 0.784 bits per heavy atom. The molecule has 258 valence electrons. The highest BCUT2D eigenvalue weighted by molar-refractivity contribution is 6.04. The normalized spacial score (nSPS) is 13.3. The van der Waals surface area contributed by atoms with Gasteiger partial charge in [-0.25, -0.2) is 0 Å². The fraction of sp³-hybridized carbons (Fsp3) is 0.214. The zero-order valence-electron chi connectivity index (χ0n) is 28.9. The number of rotatable bonds is 11. The van der Waals surface area contributed by atoms with Crippen LogP contribution in [0.4, 0.5) is 5.69 Å². The van der Waals surface area contributed by atoms with Gasteiger partial charge >= 0.3 is 0 Å². The summed E-state index contributed by atoms with van der Waals surface area (Å²) in [4.78, 5) is 47.5. The summed E-state index contributed by atoms with van der Waals surface area (Å²) in [6.45, 7) is 6.39. The molecule has 0 saturated carbocycles. The highest BCUT2D eigenvalue weighted by Crippen LogP contribution is 2.38. The second kappa shape index (κ2) is 14.9. The Morgan fingerprint density at radius 3 is 2.33 bits per heavy atom. The van der Waals surface area contributed by atoms with Crippen LogP contribution in [0.3, 0.4) is 0 Å². The van der Waals surface area contributed by atoms with Gasteiger partial charge in [0.15, 0.2) is 0 Å². The molecule has 5 N–H and O–H groups in total. The van der Waals surface area contributed by atoms with Crippen LogP contribution in [0.15, 0.2) is 103 Å². The first-order valence-corrected chi connectivity index (χ1v) is 17.5. The maximum absolute atomic E-state index is 13.6. The van der Waals surface area contributed by atoms with Gasteiger partial charge in [0.05, 0.1) is 6.54 Å². The molecule has 3 heterocycles. The number of hydrogen-bond donors (Lipinski definition) is 5. The highest BCUT2D eigenvalue weighted by Gasteiger charge is 2.21. The number of hydrogen-bond acceptors (Lipinski definition) is 4. The van der Waals surface area contributed by atoms with Crippen LogP contribution < -0.4 is 16.0 Å². The summed E-state index contributed by atoms with van der Waals surface area (Å²) in [6.07, 6.45) is 7.38. The zero-order chi connectivity index (χ0) is 35.3. The van der Waals surface area contributed by atoms with E-state index >= 15 is 0 Å². The minimum atomic E-state index is -0.108. The Kier molecular flexibility index (Phi) is 9.81. The molecule has 0 radical (unpaired) electrons. The van der Waals surface area contributed by atoms with E-state index in [4.69, 9.17) is 0 Å². The number of carbonyl (C=O) groups is 3. The number of amides is 3. The SMILES string of the molecule is CCC(=O)NCc1ccc(NC(=O)CN2CC=C(c3c[nH]c4ccc(C(=O)NCc5ccccc5)cc34)CC2)c(-c2c[nH]c3ccccc23)c1C. The summed E-state index contributed by atoms with van der Waals surface area (Å²) in [5, 5.41) is 11.3. The Bertz CT molecular complexity index is 2260. The minimum Gasteiger partial charge on any atom is -0.361 e. The van der Waals surface area contributed by atoms with Gasteiger partial charge in [-0.05, 0) is 65.9 Å². The molecule has 9 nitrogen and oxygen atoms in total. The van der Waals surface area contributed by atoms with E-state index in [1.807, 2.05) is 105 Å². The lowest BCUT2D eigenvalue weighted by Crippen LogP contribution is -2.36. The number of aromatic amines is 2. The summed E-state index contributed by atoms with van der Waals surface area (Å²) in [5.41, 5.74) is 10.6. The van der Waals surface area contributed by atoms with E-state index in [0.717, 1.165) is 73.8 Å². The van der Waals surface area contributed by atoms with Gasteiger partial charge < -0.3 is 25.9 Å². The Hall–Kier alpha value is -5.93. The van der Waals surface area contributed by atoms with Crippen molar-refractivity contribution < 1.29 is 14.4 Å². The maximum atomic E-state index is 13.6. The number of carbonyl (C=O) groups excluding carboxylic acids is 3. The third-order valence-corrected chi connectivity index (χ3v) is 9.75. The Balaban J connectivity index is 1.05. The van der Waals surface area contributed by atoms with E-state index < -0.39 is 0 Å². The van der Waals surface area contributed by atoms with Gasteiger partial charge in [0.2, 0.25) is 11.8 Å². The van der Waals surface area contributed by atoms with Crippen molar-refractivity contribution in [1.82, 2.24) is 25.5 Å². The van der Waals surface area contributed by atoms with Crippen molar-refractivity contribution in [2.45, 2.75) is 39.8 Å². The molecule has 0 saturated heterocycles. The smallest absolute Gasteiger partial charge is 0.251 e. The van der Waals surface area contributed by atoms with Crippen molar-refractivity contribution in [3.05, 3.63) is 131 Å². The molecule has 0 spiro atoms. The van der Waals surface area contributed by atoms with Crippen LogP contribution in [0.25, 0.3) is 38.5 Å². The van der Waals surface area contributed by atoms with Crippen LogP contribution >= 0.6 is 0 Å². The second-order valence-corrected chi connectivity index (χ2v) is 13.0. The summed E-state index contributed by atoms with van der Waals surface area (Å²) < 4.78 is 0. The largest absolute Gasteiger partial charge is 0.361 e. The van der Waals surface area contributed by atoms with Crippen LogP contribution in [-0.4, -0.2) is 52.2 Å². The van der Waals surface area contributed by atoms with Gasteiger partial charge in [0.1, 0.15) is 0 Å². The van der Waals surface area contributed by atoms with Gasteiger partial charge in [-0.1, -0.05) is 67.6 Å². The predicted octanol–water partition coefficient (Wildman–Crippen LogP) is 7.31. The molecule has 7 rings (SSSR count). The summed E-state index contributed by atoms with van der Waals surface area (Å²) in [5.74, 6) is -0.197. The monoisotopic (exact) mass is 678 g/mol. The van der Waals surface area contributed by atoms with Crippen LogP contribution in [-0.2, 0) is 22.7 Å². The van der Waals surface area contributed by atoms with Gasteiger partial charge in [0, 0.05) is 94.7 Å². The molecule has 1 aliphatic rings. The lowest BCUT2D eigenvalue weighted by molar-refractivity contribution is -0.121. The second-order valence-electron chi connectivity index (χ2n) is 13.0. The van der Waals surface area contributed by atoms with E-state index in [1.165, 1.54) is 5.57 Å². The first kappa shape index (κ1) is 33.6. The van der Waals surface area contributed by atoms with Crippen molar-refractivity contribution in [1.29, 1.82) is 0 Å². The van der Waals surface area contributed by atoms with Crippen LogP contribution in [0, 0.1) is 6.92 Å². The third-order valence-electron chi connectivity index (χ3n) is 9.75. The van der Waals surface area contributed by atoms with Gasteiger partial charge in [0.25, 0.3) is 5.91 Å². The Morgan fingerprint density at radius 2 is 1.55 bits per heavy atom. The molecule has 0 unspecified atom stereocenters. The standard InChI is InChI=1S/C42H42N6O3/c1-3-39(49)45-23-31-14-16-38(41(27(31)2)35-25-44-36-12-8-7-11-32(35)36)47-40(50)26-48-19-17-29(18-20-48)34-24-43-37-15-13-30(21-33(34)37)42(51)46-22-28-9-5-4-6-10-28/h4-17,21,24-25,43-44H,3,18-20,22-23,26H2,1-2H3,(H,45,49)(H,46,51)(H,47,50). The molecule has 6 aromatic rings. The van der Waals surface area contributed by atoms with E-state index in [9.17, 15) is 14.4 Å². The molecular formula is C42H42N6O3. The lowest BCUT2D eigenvalue weighted by Gasteiger charge is -2.26. The summed E-state index contributed by atoms with van der Waals surface area (Å²) in [7, 11) is 0. The summed E-state index contributed by atoms with van der Waals surface area (Å²) >= 11 is 0. The molecular weight excluding hydrogens is 637 g/mol. The van der Waals surface area contributed by atoms with E-state index in [0.29, 0.717) is 31.6 Å². The highest BCUT2D eigenvalue weighted by atomic mass is 16.2. The molecule has 1 aliphatic heterocycles. The van der Waals surface area contributed by atoms with Crippen LogP contribution in [0.1, 0.15) is 52.4 Å². The van der Waals surface area contributed by atoms with Crippen LogP contribution in [0.5, 0.6) is 0 Å². The minimum absolute atomic E-state index is 0.00413. The molecule has 4 aromatic carbocycles. The van der Waals surface area contributed by atoms with Crippen LogP contribution in [0.2, 0.25) is 0 Å². The van der Waals surface area contributed by atoms with Gasteiger partial charge in [-0.15, -0.1) is 0 Å². The molecule has 2 aromatic heterocycles. The number of anilines is 1. The van der Waals surface area contributed by atoms with E-state index in [2.05, 4.69) is 43.0 Å². The quantitative estimate of drug-likeness (QED) is 0.0987. The lowest BCUT2D eigenvalue weighted by atomic mass is 9.94. The number of para-hydroxylation sites is 1. The third kappa shape index (κ3) is 7.34. The van der Waals surface area contributed by atoms with Crippen molar-refractivity contribution in [2.24, 2.45) is 0 Å². The molecule has 51 heavy (non-hydrogen) atoms. The number of fused-ring (bicyclic) bond motifs is 2. The number of nitrogens with one attached hydrogen (secondary N) is 5.